The predicted molar refractivity (Wildman–Crippen MR) is 53.4 cm³/mol. The second-order valence-electron chi connectivity index (χ2n) is 2.79. The van der Waals surface area contributed by atoms with Crippen LogP contribution in [-0.2, 0) is 11.3 Å². The number of rotatable bonds is 4. The molecule has 0 radical (unpaired) electrons. The van der Waals surface area contributed by atoms with Crippen molar-refractivity contribution in [2.24, 2.45) is 0 Å². The van der Waals surface area contributed by atoms with E-state index >= 15 is 0 Å². The molecule has 72 valence electrons. The first-order valence-corrected chi connectivity index (χ1v) is 5.34. The second kappa shape index (κ2) is 4.91. The maximum Gasteiger partial charge on any atom is 0.232 e. The lowest BCUT2D eigenvalue weighted by atomic mass is 10.3. The average molecular weight is 199 g/mol. The minimum absolute atomic E-state index is 0.147. The number of thioether (sulfide) groups is 1. The molecule has 0 spiro atoms. The highest BCUT2D eigenvalue weighted by Crippen LogP contribution is 2.02. The smallest absolute Gasteiger partial charge is 0.232 e. The molecule has 4 nitrogen and oxygen atoms in total. The molecule has 0 atom stereocenters. The van der Waals surface area contributed by atoms with Crippen LogP contribution >= 0.6 is 11.8 Å². The fourth-order valence-electron chi connectivity index (χ4n) is 0.960. The molecule has 0 aromatic carbocycles. The van der Waals surface area contributed by atoms with Gasteiger partial charge in [-0.05, 0) is 6.26 Å². The van der Waals surface area contributed by atoms with E-state index in [9.17, 15) is 4.79 Å². The predicted octanol–water partition coefficient (Wildman–Crippen LogP) is 0.731. The van der Waals surface area contributed by atoms with Crippen LogP contribution in [0.3, 0.4) is 0 Å². The van der Waals surface area contributed by atoms with Gasteiger partial charge in [0.15, 0.2) is 0 Å². The lowest BCUT2D eigenvalue weighted by Crippen LogP contribution is -2.27. The summed E-state index contributed by atoms with van der Waals surface area (Å²) in [7, 11) is 1.80. The van der Waals surface area contributed by atoms with Crippen LogP contribution in [0, 0.1) is 0 Å². The van der Waals surface area contributed by atoms with Crippen molar-refractivity contribution in [3.8, 4) is 0 Å². The third-order valence-electron chi connectivity index (χ3n) is 1.67. The molecule has 1 amide bonds. The molecule has 1 N–H and O–H groups in total. The van der Waals surface area contributed by atoms with Gasteiger partial charge in [-0.1, -0.05) is 0 Å². The Kier molecular flexibility index (Phi) is 3.82. The molecule has 1 aromatic rings. The Morgan fingerprint density at radius 3 is 3.08 bits per heavy atom. The van der Waals surface area contributed by atoms with Gasteiger partial charge in [0.1, 0.15) is 0 Å². The van der Waals surface area contributed by atoms with E-state index in [-0.39, 0.29) is 5.91 Å². The Labute approximate surface area is 81.7 Å². The molecular formula is C8H13N3OS. The maximum absolute atomic E-state index is 11.3. The van der Waals surface area contributed by atoms with Gasteiger partial charge in [0.05, 0.1) is 11.9 Å². The summed E-state index contributed by atoms with van der Waals surface area (Å²) in [5.41, 5.74) is 1.02. The van der Waals surface area contributed by atoms with Crippen molar-refractivity contribution in [3.05, 3.63) is 18.0 Å². The zero-order valence-electron chi connectivity index (χ0n) is 7.78. The molecule has 13 heavy (non-hydrogen) atoms. The fourth-order valence-corrected chi connectivity index (χ4v) is 1.43. The molecule has 0 fully saturated rings. The maximum atomic E-state index is 11.3. The van der Waals surface area contributed by atoms with Crippen LogP contribution in [0.1, 0.15) is 5.56 Å². The molecule has 0 aliphatic rings. The van der Waals surface area contributed by atoms with Crippen LogP contribution < -0.4 is 0 Å². The summed E-state index contributed by atoms with van der Waals surface area (Å²) in [6.45, 7) is 0.621. The van der Waals surface area contributed by atoms with E-state index in [2.05, 4.69) is 10.2 Å². The monoisotopic (exact) mass is 199 g/mol. The first-order valence-electron chi connectivity index (χ1n) is 3.94. The molecule has 1 aromatic heterocycles. The van der Waals surface area contributed by atoms with Gasteiger partial charge in [0.25, 0.3) is 0 Å². The van der Waals surface area contributed by atoms with Crippen molar-refractivity contribution in [1.29, 1.82) is 0 Å². The Bertz CT molecular complexity index is 260. The van der Waals surface area contributed by atoms with Crippen LogP contribution in [0.15, 0.2) is 12.4 Å². The summed E-state index contributed by atoms with van der Waals surface area (Å²) in [6, 6.07) is 0. The van der Waals surface area contributed by atoms with E-state index in [0.717, 1.165) is 5.56 Å². The fraction of sp³-hybridized carbons (Fsp3) is 0.500. The summed E-state index contributed by atoms with van der Waals surface area (Å²) >= 11 is 1.54. The first-order chi connectivity index (χ1) is 6.24. The average Bonchev–Trinajstić information content (AvgIpc) is 2.57. The molecule has 0 saturated heterocycles. The third-order valence-corrected chi connectivity index (χ3v) is 2.20. The molecule has 5 heteroatoms. The number of nitrogens with zero attached hydrogens (tertiary/aromatic N) is 2. The molecule has 0 aliphatic carbocycles. The Balaban J connectivity index is 2.41. The molecule has 1 rings (SSSR count). The summed E-state index contributed by atoms with van der Waals surface area (Å²) < 4.78 is 0. The summed E-state index contributed by atoms with van der Waals surface area (Å²) in [4.78, 5) is 13.0. The van der Waals surface area contributed by atoms with Crippen LogP contribution in [0.4, 0.5) is 0 Å². The number of hydrogen-bond donors (Lipinski definition) is 1. The van der Waals surface area contributed by atoms with E-state index in [1.807, 2.05) is 6.26 Å². The highest BCUT2D eigenvalue weighted by Gasteiger charge is 2.08. The Hall–Kier alpha value is -0.970. The number of H-pyrrole nitrogens is 1. The van der Waals surface area contributed by atoms with Gasteiger partial charge in [-0.25, -0.2) is 0 Å². The van der Waals surface area contributed by atoms with E-state index in [4.69, 9.17) is 0 Å². The SMILES string of the molecule is CSCC(=O)N(C)Cc1cn[nH]c1. The molecule has 0 bridgehead atoms. The highest BCUT2D eigenvalue weighted by molar-refractivity contribution is 7.99. The third kappa shape index (κ3) is 3.10. The molecule has 0 saturated carbocycles. The number of amides is 1. The molecule has 0 unspecified atom stereocenters. The number of nitrogens with one attached hydrogen (secondary N) is 1. The van der Waals surface area contributed by atoms with Gasteiger partial charge in [-0.2, -0.15) is 16.9 Å². The van der Waals surface area contributed by atoms with E-state index in [1.54, 1.807) is 24.3 Å². The van der Waals surface area contributed by atoms with Crippen LogP contribution in [0.5, 0.6) is 0 Å². The van der Waals surface area contributed by atoms with E-state index in [0.29, 0.717) is 12.3 Å². The largest absolute Gasteiger partial charge is 0.341 e. The summed E-state index contributed by atoms with van der Waals surface area (Å²) in [5, 5.41) is 6.53. The van der Waals surface area contributed by atoms with Gasteiger partial charge in [-0.15, -0.1) is 0 Å². The van der Waals surface area contributed by atoms with Crippen molar-refractivity contribution in [2.45, 2.75) is 6.54 Å². The van der Waals surface area contributed by atoms with Crippen LogP contribution in [0.2, 0.25) is 0 Å². The van der Waals surface area contributed by atoms with Crippen LogP contribution in [0.25, 0.3) is 0 Å². The minimum atomic E-state index is 0.147. The number of aromatic amines is 1. The standard InChI is InChI=1S/C8H13N3OS/c1-11(8(12)6-13-2)5-7-3-9-10-4-7/h3-4H,5-6H2,1-2H3,(H,9,10). The van der Waals surface area contributed by atoms with Gasteiger partial charge in [0.2, 0.25) is 5.91 Å². The Morgan fingerprint density at radius 2 is 2.54 bits per heavy atom. The molecule has 0 aliphatic heterocycles. The van der Waals surface area contributed by atoms with Crippen molar-refractivity contribution in [2.75, 3.05) is 19.1 Å². The van der Waals surface area contributed by atoms with Gasteiger partial charge in [0, 0.05) is 25.4 Å². The molecular weight excluding hydrogens is 186 g/mol. The minimum Gasteiger partial charge on any atom is -0.341 e. The number of hydrogen-bond acceptors (Lipinski definition) is 3. The summed E-state index contributed by atoms with van der Waals surface area (Å²) in [6.07, 6.45) is 5.44. The van der Waals surface area contributed by atoms with E-state index < -0.39 is 0 Å². The van der Waals surface area contributed by atoms with Crippen molar-refractivity contribution >= 4 is 17.7 Å². The zero-order chi connectivity index (χ0) is 9.68. The van der Waals surface area contributed by atoms with Gasteiger partial charge in [-0.3, -0.25) is 9.89 Å². The lowest BCUT2D eigenvalue weighted by molar-refractivity contribution is -0.127. The molecule has 1 heterocycles. The Morgan fingerprint density at radius 1 is 1.77 bits per heavy atom. The zero-order valence-corrected chi connectivity index (χ0v) is 8.60. The topological polar surface area (TPSA) is 49.0 Å². The van der Waals surface area contributed by atoms with Gasteiger partial charge < -0.3 is 4.90 Å². The number of carbonyl (C=O) groups excluding carboxylic acids is 1. The highest BCUT2D eigenvalue weighted by atomic mass is 32.2. The lowest BCUT2D eigenvalue weighted by Gasteiger charge is -2.14. The van der Waals surface area contributed by atoms with Gasteiger partial charge >= 0.3 is 0 Å². The second-order valence-corrected chi connectivity index (χ2v) is 3.66. The van der Waals surface area contributed by atoms with Crippen molar-refractivity contribution < 1.29 is 4.79 Å². The first kappa shape index (κ1) is 10.1. The normalized spacial score (nSPS) is 10.0. The number of carbonyl (C=O) groups is 1. The van der Waals surface area contributed by atoms with Crippen LogP contribution in [-0.4, -0.2) is 40.1 Å². The number of aromatic nitrogens is 2. The van der Waals surface area contributed by atoms with E-state index in [1.165, 1.54) is 11.8 Å². The quantitative estimate of drug-likeness (QED) is 0.777. The van der Waals surface area contributed by atoms with Crippen molar-refractivity contribution in [1.82, 2.24) is 15.1 Å². The van der Waals surface area contributed by atoms with Crippen molar-refractivity contribution in [3.63, 3.8) is 0 Å². The summed E-state index contributed by atoms with van der Waals surface area (Å²) in [5.74, 6) is 0.683.